The number of rotatable bonds is 4. The average molecular weight is 401 g/mol. The Labute approximate surface area is 178 Å². The molecule has 1 saturated heterocycles. The average Bonchev–Trinajstić information content (AvgIpc) is 2.76. The highest BCUT2D eigenvalue weighted by molar-refractivity contribution is 5.93. The molecule has 154 valence electrons. The van der Waals surface area contributed by atoms with E-state index in [2.05, 4.69) is 58.3 Å². The molecule has 0 unspecified atom stereocenters. The van der Waals surface area contributed by atoms with Crippen molar-refractivity contribution < 1.29 is 4.79 Å². The molecule has 0 aliphatic carbocycles. The van der Waals surface area contributed by atoms with Gasteiger partial charge in [0.1, 0.15) is 0 Å². The molecular formula is C25H28N4O. The predicted octanol–water partition coefficient (Wildman–Crippen LogP) is 4.92. The summed E-state index contributed by atoms with van der Waals surface area (Å²) in [5.41, 5.74) is 6.57. The van der Waals surface area contributed by atoms with E-state index in [0.29, 0.717) is 0 Å². The summed E-state index contributed by atoms with van der Waals surface area (Å²) in [5.74, 6) is 0.866. The van der Waals surface area contributed by atoms with Crippen LogP contribution in [0.5, 0.6) is 0 Å². The molecule has 0 spiro atoms. The first kappa shape index (κ1) is 20.1. The summed E-state index contributed by atoms with van der Waals surface area (Å²) in [6, 6.07) is 14.5. The van der Waals surface area contributed by atoms with Gasteiger partial charge in [-0.25, -0.2) is 9.97 Å². The number of piperidine rings is 1. The highest BCUT2D eigenvalue weighted by Gasteiger charge is 2.26. The minimum atomic E-state index is 0.0218. The molecule has 30 heavy (non-hydrogen) atoms. The Bertz CT molecular complexity index is 1040. The molecule has 2 aromatic carbocycles. The van der Waals surface area contributed by atoms with Crippen LogP contribution in [0.1, 0.15) is 29.5 Å². The number of nitrogens with zero attached hydrogens (tertiary/aromatic N) is 3. The van der Waals surface area contributed by atoms with Crippen LogP contribution >= 0.6 is 0 Å². The van der Waals surface area contributed by atoms with E-state index in [1.54, 1.807) is 0 Å². The second-order valence-electron chi connectivity index (χ2n) is 8.21. The smallest absolute Gasteiger partial charge is 0.227 e. The van der Waals surface area contributed by atoms with Gasteiger partial charge in [0.15, 0.2) is 0 Å². The number of aryl methyl sites for hydroxylation is 3. The third kappa shape index (κ3) is 4.51. The second kappa shape index (κ2) is 8.66. The van der Waals surface area contributed by atoms with Crippen LogP contribution in [0.4, 0.5) is 11.6 Å². The molecule has 2 heterocycles. The zero-order valence-electron chi connectivity index (χ0n) is 17.9. The first-order valence-electron chi connectivity index (χ1n) is 10.5. The van der Waals surface area contributed by atoms with Gasteiger partial charge in [-0.15, -0.1) is 0 Å². The molecule has 1 aliphatic heterocycles. The fourth-order valence-corrected chi connectivity index (χ4v) is 3.99. The fraction of sp³-hybridized carbons (Fsp3) is 0.320. The van der Waals surface area contributed by atoms with E-state index in [1.807, 2.05) is 37.5 Å². The summed E-state index contributed by atoms with van der Waals surface area (Å²) in [6.45, 7) is 7.75. The largest absolute Gasteiger partial charge is 0.341 e. The van der Waals surface area contributed by atoms with E-state index in [-0.39, 0.29) is 11.8 Å². The first-order valence-corrected chi connectivity index (χ1v) is 10.5. The number of hydrogen-bond acceptors (Lipinski definition) is 4. The van der Waals surface area contributed by atoms with Crippen LogP contribution in [-0.2, 0) is 4.79 Å². The third-order valence-corrected chi connectivity index (χ3v) is 5.78. The summed E-state index contributed by atoms with van der Waals surface area (Å²) in [6.07, 6.45) is 5.38. The number of carbonyl (C=O) groups is 1. The summed E-state index contributed by atoms with van der Waals surface area (Å²) in [4.78, 5) is 24.0. The number of carbonyl (C=O) groups excluding carboxylic acids is 1. The van der Waals surface area contributed by atoms with Crippen molar-refractivity contribution in [2.45, 2.75) is 33.6 Å². The molecule has 1 fully saturated rings. The van der Waals surface area contributed by atoms with Crippen LogP contribution in [0.2, 0.25) is 0 Å². The lowest BCUT2D eigenvalue weighted by molar-refractivity contribution is -0.120. The number of aromatic nitrogens is 2. The second-order valence-corrected chi connectivity index (χ2v) is 8.21. The van der Waals surface area contributed by atoms with Crippen LogP contribution < -0.4 is 10.2 Å². The molecular weight excluding hydrogens is 372 g/mol. The Kier molecular flexibility index (Phi) is 5.79. The van der Waals surface area contributed by atoms with Gasteiger partial charge in [0.25, 0.3) is 0 Å². The zero-order chi connectivity index (χ0) is 21.1. The van der Waals surface area contributed by atoms with Gasteiger partial charge in [-0.05, 0) is 50.8 Å². The van der Waals surface area contributed by atoms with E-state index in [9.17, 15) is 4.79 Å². The maximum atomic E-state index is 12.7. The number of anilines is 2. The molecule has 0 radical (unpaired) electrons. The molecule has 0 bridgehead atoms. The topological polar surface area (TPSA) is 58.1 Å². The van der Waals surface area contributed by atoms with Gasteiger partial charge < -0.3 is 10.2 Å². The van der Waals surface area contributed by atoms with Crippen LogP contribution in [0.15, 0.2) is 54.9 Å². The van der Waals surface area contributed by atoms with E-state index < -0.39 is 0 Å². The Hall–Kier alpha value is -3.21. The Morgan fingerprint density at radius 3 is 2.30 bits per heavy atom. The van der Waals surface area contributed by atoms with E-state index in [4.69, 9.17) is 0 Å². The van der Waals surface area contributed by atoms with E-state index in [0.717, 1.165) is 54.3 Å². The molecule has 1 N–H and O–H groups in total. The van der Waals surface area contributed by atoms with Crippen molar-refractivity contribution in [2.24, 2.45) is 5.92 Å². The summed E-state index contributed by atoms with van der Waals surface area (Å²) in [7, 11) is 0. The molecule has 1 aromatic heterocycles. The van der Waals surface area contributed by atoms with Crippen LogP contribution in [0.3, 0.4) is 0 Å². The molecule has 4 rings (SSSR count). The maximum Gasteiger partial charge on any atom is 0.227 e. The van der Waals surface area contributed by atoms with Crippen molar-refractivity contribution >= 4 is 17.5 Å². The van der Waals surface area contributed by atoms with Crippen molar-refractivity contribution in [1.29, 1.82) is 0 Å². The number of hydrogen-bond donors (Lipinski definition) is 1. The standard InChI is InChI=1S/C25H28N4O/c1-17-5-4-6-21(14-17)22-15-26-25(27-16-22)29-11-9-20(10-12-29)24(30)28-23-8-7-18(2)13-19(23)3/h4-8,13-16,20H,9-12H2,1-3H3,(H,28,30). The molecule has 5 nitrogen and oxygen atoms in total. The van der Waals surface area contributed by atoms with Crippen molar-refractivity contribution in [2.75, 3.05) is 23.3 Å². The van der Waals surface area contributed by atoms with Gasteiger partial charge >= 0.3 is 0 Å². The molecule has 0 atom stereocenters. The lowest BCUT2D eigenvalue weighted by atomic mass is 9.95. The third-order valence-electron chi connectivity index (χ3n) is 5.78. The zero-order valence-corrected chi connectivity index (χ0v) is 17.9. The van der Waals surface area contributed by atoms with E-state index in [1.165, 1.54) is 11.1 Å². The quantitative estimate of drug-likeness (QED) is 0.675. The summed E-state index contributed by atoms with van der Waals surface area (Å²) >= 11 is 0. The lowest BCUT2D eigenvalue weighted by Gasteiger charge is -2.31. The lowest BCUT2D eigenvalue weighted by Crippen LogP contribution is -2.39. The van der Waals surface area contributed by atoms with Crippen LogP contribution in [0.25, 0.3) is 11.1 Å². The maximum absolute atomic E-state index is 12.7. The molecule has 1 amide bonds. The molecule has 1 aliphatic rings. The first-order chi connectivity index (χ1) is 14.5. The minimum absolute atomic E-state index is 0.0218. The van der Waals surface area contributed by atoms with Crippen molar-refractivity contribution in [3.8, 4) is 11.1 Å². The normalized spacial score (nSPS) is 14.6. The monoisotopic (exact) mass is 400 g/mol. The predicted molar refractivity (Wildman–Crippen MR) is 122 cm³/mol. The van der Waals surface area contributed by atoms with Gasteiger partial charge in [-0.1, -0.05) is 47.5 Å². The number of amides is 1. The minimum Gasteiger partial charge on any atom is -0.341 e. The number of benzene rings is 2. The molecule has 3 aromatic rings. The van der Waals surface area contributed by atoms with Crippen molar-refractivity contribution in [1.82, 2.24) is 9.97 Å². The molecule has 5 heteroatoms. The molecule has 0 saturated carbocycles. The SMILES string of the molecule is Cc1cccc(-c2cnc(N3CCC(C(=O)Nc4ccc(C)cc4C)CC3)nc2)c1. The van der Waals surface area contributed by atoms with Gasteiger partial charge in [-0.2, -0.15) is 0 Å². The highest BCUT2D eigenvalue weighted by Crippen LogP contribution is 2.25. The van der Waals surface area contributed by atoms with Crippen molar-refractivity contribution in [3.63, 3.8) is 0 Å². The summed E-state index contributed by atoms with van der Waals surface area (Å²) < 4.78 is 0. The van der Waals surface area contributed by atoms with Gasteiger partial charge in [0.2, 0.25) is 11.9 Å². The van der Waals surface area contributed by atoms with Gasteiger partial charge in [0.05, 0.1) is 0 Å². The van der Waals surface area contributed by atoms with E-state index >= 15 is 0 Å². The number of nitrogens with one attached hydrogen (secondary N) is 1. The van der Waals surface area contributed by atoms with Gasteiger partial charge in [-0.3, -0.25) is 4.79 Å². The Morgan fingerprint density at radius 1 is 0.933 bits per heavy atom. The fourth-order valence-electron chi connectivity index (χ4n) is 3.99. The van der Waals surface area contributed by atoms with Crippen molar-refractivity contribution in [3.05, 3.63) is 71.5 Å². The highest BCUT2D eigenvalue weighted by atomic mass is 16.1. The summed E-state index contributed by atoms with van der Waals surface area (Å²) in [5, 5.41) is 3.10. The Balaban J connectivity index is 1.35. The van der Waals surface area contributed by atoms with Gasteiger partial charge in [0, 0.05) is 42.7 Å². The van der Waals surface area contributed by atoms with Crippen LogP contribution in [0, 0.1) is 26.7 Å². The van der Waals surface area contributed by atoms with Crippen LogP contribution in [-0.4, -0.2) is 29.0 Å². The Morgan fingerprint density at radius 2 is 1.63 bits per heavy atom.